The number of para-hydroxylation sites is 1. The van der Waals surface area contributed by atoms with E-state index in [1.165, 1.54) is 27.7 Å². The Morgan fingerprint density at radius 1 is 1.05 bits per heavy atom. The van der Waals surface area contributed by atoms with Crippen molar-refractivity contribution >= 4 is 34.8 Å². The van der Waals surface area contributed by atoms with Gasteiger partial charge < -0.3 is 35.1 Å². The molecule has 2 heterocycles. The number of fused-ring (bicyclic) bond motifs is 1. The smallest absolute Gasteiger partial charge is 0.339 e. The van der Waals surface area contributed by atoms with E-state index in [0.717, 1.165) is 0 Å². The van der Waals surface area contributed by atoms with Crippen molar-refractivity contribution in [2.45, 2.75) is 19.9 Å². The maximum Gasteiger partial charge on any atom is 0.339 e. The Balaban J connectivity index is 1.96. The highest BCUT2D eigenvalue weighted by atomic mass is 16.5. The number of benzene rings is 2. The molecular weight excluding hydrogens is 562 g/mol. The SMILES string of the molecule is CCOC(=O)C(CO)n1c(C)nc2c(Oc3ccccc3C(=O)N(C)C)nc(Oc3cc(C(=N)N)ccc3C(=O)O)nc21. The molecule has 224 valence electrons. The second-order valence-electron chi connectivity index (χ2n) is 9.29. The van der Waals surface area contributed by atoms with Crippen molar-refractivity contribution in [2.24, 2.45) is 5.73 Å². The molecule has 15 nitrogen and oxygen atoms in total. The van der Waals surface area contributed by atoms with Gasteiger partial charge in [-0.3, -0.25) is 14.8 Å². The van der Waals surface area contributed by atoms with Crippen LogP contribution in [-0.2, 0) is 9.53 Å². The number of aromatic nitrogens is 4. The standard InChI is InChI=1S/C28H29N7O8/c1-5-41-27(40)18(13-36)35-14(2)31-21-23(35)32-28(43-20-12-15(22(29)30)10-11-17(20)26(38)39)33-24(21)42-19-9-7-6-8-16(19)25(37)34(3)4/h6-12,18,36H,5,13H2,1-4H3,(H3,29,30)(H,38,39). The highest BCUT2D eigenvalue weighted by molar-refractivity contribution is 5.98. The Kier molecular flexibility index (Phi) is 8.85. The number of hydrogen-bond donors (Lipinski definition) is 4. The summed E-state index contributed by atoms with van der Waals surface area (Å²) in [6.07, 6.45) is 0. The molecule has 1 amide bonds. The number of carbonyl (C=O) groups excluding carboxylic acids is 2. The van der Waals surface area contributed by atoms with Gasteiger partial charge in [-0.2, -0.15) is 9.97 Å². The van der Waals surface area contributed by atoms with Crippen molar-refractivity contribution < 1.29 is 38.8 Å². The van der Waals surface area contributed by atoms with Gasteiger partial charge >= 0.3 is 17.9 Å². The molecule has 43 heavy (non-hydrogen) atoms. The van der Waals surface area contributed by atoms with Gasteiger partial charge in [0.25, 0.3) is 11.8 Å². The number of carboxylic acids is 1. The van der Waals surface area contributed by atoms with Crippen LogP contribution in [0, 0.1) is 12.3 Å². The van der Waals surface area contributed by atoms with Crippen LogP contribution < -0.4 is 15.2 Å². The minimum atomic E-state index is -1.33. The normalized spacial score (nSPS) is 11.6. The molecule has 0 fully saturated rings. The summed E-state index contributed by atoms with van der Waals surface area (Å²) >= 11 is 0. The number of hydrogen-bond acceptors (Lipinski definition) is 11. The van der Waals surface area contributed by atoms with Crippen molar-refractivity contribution in [3.05, 3.63) is 65.0 Å². The molecule has 15 heteroatoms. The molecule has 5 N–H and O–H groups in total. The molecule has 0 saturated heterocycles. The van der Waals surface area contributed by atoms with Gasteiger partial charge in [0.1, 0.15) is 28.7 Å². The number of nitrogens with one attached hydrogen (secondary N) is 1. The molecule has 2 aromatic carbocycles. The Labute approximate surface area is 245 Å². The van der Waals surface area contributed by atoms with E-state index >= 15 is 0 Å². The number of aliphatic hydroxyl groups is 1. The third-order valence-electron chi connectivity index (χ3n) is 6.16. The van der Waals surface area contributed by atoms with E-state index in [1.54, 1.807) is 52.2 Å². The maximum atomic E-state index is 12.8. The predicted molar refractivity (Wildman–Crippen MR) is 152 cm³/mol. The van der Waals surface area contributed by atoms with Gasteiger partial charge in [-0.25, -0.2) is 14.6 Å². The number of esters is 1. The lowest BCUT2D eigenvalue weighted by molar-refractivity contribution is -0.148. The summed E-state index contributed by atoms with van der Waals surface area (Å²) in [6.45, 7) is 2.58. The maximum absolute atomic E-state index is 12.8. The number of aryl methyl sites for hydroxylation is 1. The molecule has 0 aliphatic carbocycles. The number of imidazole rings is 1. The minimum absolute atomic E-state index is 0.0133. The van der Waals surface area contributed by atoms with E-state index < -0.39 is 30.6 Å². The Morgan fingerprint density at radius 2 is 1.77 bits per heavy atom. The predicted octanol–water partition coefficient (Wildman–Crippen LogP) is 2.50. The zero-order valence-corrected chi connectivity index (χ0v) is 23.7. The molecule has 0 radical (unpaired) electrons. The molecule has 4 aromatic rings. The number of rotatable bonds is 11. The highest BCUT2D eigenvalue weighted by Gasteiger charge is 2.29. The zero-order chi connectivity index (χ0) is 31.4. The number of ether oxygens (including phenoxy) is 3. The molecule has 0 saturated carbocycles. The Bertz CT molecular complexity index is 1730. The van der Waals surface area contributed by atoms with Gasteiger partial charge in [0.2, 0.25) is 0 Å². The van der Waals surface area contributed by atoms with Crippen LogP contribution in [0.1, 0.15) is 45.1 Å². The summed E-state index contributed by atoms with van der Waals surface area (Å²) in [5, 5.41) is 27.6. The van der Waals surface area contributed by atoms with Crippen molar-refractivity contribution in [1.82, 2.24) is 24.4 Å². The van der Waals surface area contributed by atoms with E-state index in [4.69, 9.17) is 25.4 Å². The molecule has 4 rings (SSSR count). The number of nitrogens with zero attached hydrogens (tertiary/aromatic N) is 5. The number of nitrogen functional groups attached to an aromatic ring is 1. The molecule has 0 spiro atoms. The fraction of sp³-hybridized carbons (Fsp3) is 0.250. The third-order valence-corrected chi connectivity index (χ3v) is 6.16. The molecule has 1 atom stereocenters. The molecule has 0 aliphatic heterocycles. The van der Waals surface area contributed by atoms with Gasteiger partial charge in [0.05, 0.1) is 18.8 Å². The number of aliphatic hydroxyl groups excluding tert-OH is 1. The van der Waals surface area contributed by atoms with Crippen LogP contribution in [0.2, 0.25) is 0 Å². The number of amides is 1. The van der Waals surface area contributed by atoms with Gasteiger partial charge in [-0.15, -0.1) is 0 Å². The molecular formula is C28H29N7O8. The van der Waals surface area contributed by atoms with Gasteiger partial charge in [-0.1, -0.05) is 18.2 Å². The van der Waals surface area contributed by atoms with E-state index in [0.29, 0.717) is 0 Å². The molecule has 0 aliphatic rings. The largest absolute Gasteiger partial charge is 0.478 e. The number of carbonyl (C=O) groups is 3. The first-order valence-corrected chi connectivity index (χ1v) is 12.9. The summed E-state index contributed by atoms with van der Waals surface area (Å²) in [5.74, 6) is -2.84. The Morgan fingerprint density at radius 3 is 2.40 bits per heavy atom. The van der Waals surface area contributed by atoms with E-state index in [-0.39, 0.29) is 69.4 Å². The average Bonchev–Trinajstić information content (AvgIpc) is 3.29. The monoisotopic (exact) mass is 591 g/mol. The zero-order valence-electron chi connectivity index (χ0n) is 23.7. The number of nitrogens with two attached hydrogens (primary N) is 1. The topological polar surface area (TPSA) is 216 Å². The third kappa shape index (κ3) is 6.20. The summed E-state index contributed by atoms with van der Waals surface area (Å²) in [4.78, 5) is 52.1. The summed E-state index contributed by atoms with van der Waals surface area (Å²) in [7, 11) is 3.16. The van der Waals surface area contributed by atoms with Gasteiger partial charge in [0, 0.05) is 19.7 Å². The average molecular weight is 592 g/mol. The minimum Gasteiger partial charge on any atom is -0.478 e. The molecule has 1 unspecified atom stereocenters. The van der Waals surface area contributed by atoms with Crippen molar-refractivity contribution in [2.75, 3.05) is 27.3 Å². The second-order valence-corrected chi connectivity index (χ2v) is 9.29. The molecule has 0 bridgehead atoms. The van der Waals surface area contributed by atoms with Crippen LogP contribution in [0.5, 0.6) is 23.4 Å². The summed E-state index contributed by atoms with van der Waals surface area (Å²) < 4.78 is 18.4. The van der Waals surface area contributed by atoms with Gasteiger partial charge in [-0.05, 0) is 38.1 Å². The lowest BCUT2D eigenvalue weighted by Gasteiger charge is -2.17. The quantitative estimate of drug-likeness (QED) is 0.112. The Hall–Kier alpha value is -5.57. The summed E-state index contributed by atoms with van der Waals surface area (Å²) in [5.41, 5.74) is 5.74. The number of carboxylic acid groups (broad SMARTS) is 1. The number of aromatic carboxylic acids is 1. The van der Waals surface area contributed by atoms with Crippen LogP contribution in [0.4, 0.5) is 0 Å². The van der Waals surface area contributed by atoms with Crippen LogP contribution in [-0.4, -0.2) is 85.6 Å². The van der Waals surface area contributed by atoms with Crippen molar-refractivity contribution in [3.63, 3.8) is 0 Å². The highest BCUT2D eigenvalue weighted by Crippen LogP contribution is 2.35. The summed E-state index contributed by atoms with van der Waals surface area (Å²) in [6, 6.07) is 8.54. The first-order chi connectivity index (χ1) is 20.5. The van der Waals surface area contributed by atoms with E-state index in [2.05, 4.69) is 15.0 Å². The first kappa shape index (κ1) is 30.4. The van der Waals surface area contributed by atoms with E-state index in [1.807, 2.05) is 0 Å². The van der Waals surface area contributed by atoms with Crippen LogP contribution >= 0.6 is 0 Å². The van der Waals surface area contributed by atoms with Gasteiger partial charge in [0.15, 0.2) is 17.2 Å². The fourth-order valence-electron chi connectivity index (χ4n) is 4.16. The van der Waals surface area contributed by atoms with Crippen LogP contribution in [0.15, 0.2) is 42.5 Å². The lowest BCUT2D eigenvalue weighted by Crippen LogP contribution is -2.26. The number of amidine groups is 1. The van der Waals surface area contributed by atoms with Crippen molar-refractivity contribution in [3.8, 4) is 23.4 Å². The van der Waals surface area contributed by atoms with E-state index in [9.17, 15) is 24.6 Å². The molecule has 2 aromatic heterocycles. The first-order valence-electron chi connectivity index (χ1n) is 12.9. The lowest BCUT2D eigenvalue weighted by atomic mass is 10.1. The van der Waals surface area contributed by atoms with Crippen LogP contribution in [0.3, 0.4) is 0 Å². The van der Waals surface area contributed by atoms with Crippen molar-refractivity contribution in [1.29, 1.82) is 5.41 Å². The van der Waals surface area contributed by atoms with Crippen LogP contribution in [0.25, 0.3) is 11.2 Å². The second kappa shape index (κ2) is 12.5. The fourth-order valence-corrected chi connectivity index (χ4v) is 4.16.